The number of nitrogens with zero attached hydrogens (tertiary/aromatic N) is 1. The highest BCUT2D eigenvalue weighted by Gasteiger charge is 2.27. The van der Waals surface area contributed by atoms with Gasteiger partial charge in [0.25, 0.3) is 0 Å². The molecule has 0 saturated carbocycles. The van der Waals surface area contributed by atoms with Crippen LogP contribution in [0.4, 0.5) is 0 Å². The van der Waals surface area contributed by atoms with E-state index in [9.17, 15) is 4.79 Å². The monoisotopic (exact) mass is 253 g/mol. The van der Waals surface area contributed by atoms with Gasteiger partial charge in [0.1, 0.15) is 0 Å². The molecule has 2 unspecified atom stereocenters. The molecule has 0 spiro atoms. The number of carbonyl (C=O) groups is 1. The molecule has 2 atom stereocenters. The highest BCUT2D eigenvalue weighted by atomic mass is 16.1. The number of likely N-dealkylation sites (tertiary alicyclic amines) is 1. The summed E-state index contributed by atoms with van der Waals surface area (Å²) in [6, 6.07) is 0.330. The van der Waals surface area contributed by atoms with Crippen molar-refractivity contribution in [3.63, 3.8) is 0 Å². The summed E-state index contributed by atoms with van der Waals surface area (Å²) in [5.41, 5.74) is 0. The zero-order valence-corrected chi connectivity index (χ0v) is 11.7. The average Bonchev–Trinajstić information content (AvgIpc) is 2.38. The van der Waals surface area contributed by atoms with Crippen molar-refractivity contribution in [1.82, 2.24) is 15.5 Å². The lowest BCUT2D eigenvalue weighted by Gasteiger charge is -2.31. The van der Waals surface area contributed by atoms with Gasteiger partial charge < -0.3 is 15.5 Å². The number of piperidine rings is 2. The lowest BCUT2D eigenvalue weighted by atomic mass is 9.90. The van der Waals surface area contributed by atoms with Crippen molar-refractivity contribution in [1.29, 1.82) is 0 Å². The van der Waals surface area contributed by atoms with Crippen LogP contribution in [-0.4, -0.2) is 50.1 Å². The van der Waals surface area contributed by atoms with E-state index in [4.69, 9.17) is 0 Å². The maximum Gasteiger partial charge on any atom is 0.224 e. The molecule has 2 N–H and O–H groups in total. The van der Waals surface area contributed by atoms with E-state index in [1.54, 1.807) is 0 Å². The van der Waals surface area contributed by atoms with E-state index in [0.717, 1.165) is 25.9 Å². The Hall–Kier alpha value is -0.610. The van der Waals surface area contributed by atoms with Crippen LogP contribution in [0.3, 0.4) is 0 Å². The minimum atomic E-state index is 0.171. The fraction of sp³-hybridized carbons (Fsp3) is 0.929. The van der Waals surface area contributed by atoms with Crippen LogP contribution in [0.1, 0.15) is 32.6 Å². The summed E-state index contributed by atoms with van der Waals surface area (Å²) in [5.74, 6) is 1.11. The molecule has 0 radical (unpaired) electrons. The van der Waals surface area contributed by atoms with E-state index >= 15 is 0 Å². The highest BCUT2D eigenvalue weighted by Crippen LogP contribution is 2.18. The van der Waals surface area contributed by atoms with Gasteiger partial charge in [-0.1, -0.05) is 0 Å². The fourth-order valence-electron chi connectivity index (χ4n) is 3.04. The quantitative estimate of drug-likeness (QED) is 0.783. The number of nitrogens with one attached hydrogen (secondary N) is 2. The van der Waals surface area contributed by atoms with Gasteiger partial charge in [-0.15, -0.1) is 0 Å². The van der Waals surface area contributed by atoms with Crippen LogP contribution < -0.4 is 10.6 Å². The van der Waals surface area contributed by atoms with Crippen molar-refractivity contribution in [3.8, 4) is 0 Å². The van der Waals surface area contributed by atoms with Crippen LogP contribution in [0.15, 0.2) is 0 Å². The summed E-state index contributed by atoms with van der Waals surface area (Å²) >= 11 is 0. The fourth-order valence-corrected chi connectivity index (χ4v) is 3.04. The summed E-state index contributed by atoms with van der Waals surface area (Å²) in [6.45, 7) is 6.39. The first-order chi connectivity index (χ1) is 8.66. The van der Waals surface area contributed by atoms with Gasteiger partial charge in [0.05, 0.1) is 5.92 Å². The second-order valence-electron chi connectivity index (χ2n) is 5.98. The molecule has 4 nitrogen and oxygen atoms in total. The number of rotatable bonds is 3. The van der Waals surface area contributed by atoms with E-state index < -0.39 is 0 Å². The van der Waals surface area contributed by atoms with Crippen LogP contribution in [-0.2, 0) is 4.79 Å². The zero-order chi connectivity index (χ0) is 13.0. The standard InChI is InChI=1S/C14H27N3O/c1-11-13(4-3-7-15-11)14(18)16-10-12-5-8-17(2)9-6-12/h11-13,15H,3-10H2,1-2H3,(H,16,18). The molecule has 1 amide bonds. The lowest BCUT2D eigenvalue weighted by Crippen LogP contribution is -2.48. The number of carbonyl (C=O) groups excluding carboxylic acids is 1. The molecule has 0 aromatic carbocycles. The first-order valence-electron chi connectivity index (χ1n) is 7.36. The molecular formula is C14H27N3O. The Balaban J connectivity index is 1.71. The van der Waals surface area contributed by atoms with Gasteiger partial charge in [0.15, 0.2) is 0 Å². The molecule has 2 aliphatic heterocycles. The van der Waals surface area contributed by atoms with Crippen molar-refractivity contribution in [2.24, 2.45) is 11.8 Å². The molecule has 2 heterocycles. The van der Waals surface area contributed by atoms with Crippen LogP contribution in [0, 0.1) is 11.8 Å². The molecule has 0 aliphatic carbocycles. The van der Waals surface area contributed by atoms with Crippen LogP contribution in [0.2, 0.25) is 0 Å². The van der Waals surface area contributed by atoms with Crippen LogP contribution in [0.25, 0.3) is 0 Å². The van der Waals surface area contributed by atoms with E-state index in [2.05, 4.69) is 29.5 Å². The predicted molar refractivity (Wildman–Crippen MR) is 73.4 cm³/mol. The molecule has 0 bridgehead atoms. The Morgan fingerprint density at radius 1 is 1.33 bits per heavy atom. The number of hydrogen-bond acceptors (Lipinski definition) is 3. The first kappa shape index (κ1) is 13.8. The summed E-state index contributed by atoms with van der Waals surface area (Å²) in [5, 5.41) is 6.56. The Bertz CT molecular complexity index is 274. The third kappa shape index (κ3) is 3.69. The topological polar surface area (TPSA) is 44.4 Å². The molecular weight excluding hydrogens is 226 g/mol. The van der Waals surface area contributed by atoms with Gasteiger partial charge >= 0.3 is 0 Å². The molecule has 2 rings (SSSR count). The van der Waals surface area contributed by atoms with Crippen molar-refractivity contribution in [2.75, 3.05) is 33.2 Å². The van der Waals surface area contributed by atoms with Gasteiger partial charge in [-0.3, -0.25) is 4.79 Å². The van der Waals surface area contributed by atoms with E-state index in [-0.39, 0.29) is 11.8 Å². The molecule has 0 aromatic rings. The van der Waals surface area contributed by atoms with Crippen molar-refractivity contribution in [2.45, 2.75) is 38.6 Å². The van der Waals surface area contributed by atoms with Gasteiger partial charge in [-0.2, -0.15) is 0 Å². The van der Waals surface area contributed by atoms with E-state index in [1.165, 1.54) is 25.9 Å². The molecule has 4 heteroatoms. The van der Waals surface area contributed by atoms with Gasteiger partial charge in [-0.05, 0) is 65.2 Å². The van der Waals surface area contributed by atoms with E-state index in [0.29, 0.717) is 12.0 Å². The predicted octanol–water partition coefficient (Wildman–Crippen LogP) is 0.833. The van der Waals surface area contributed by atoms with Gasteiger partial charge in [0, 0.05) is 12.6 Å². The summed E-state index contributed by atoms with van der Waals surface area (Å²) in [7, 11) is 2.17. The Labute approximate surface area is 110 Å². The van der Waals surface area contributed by atoms with Crippen molar-refractivity contribution in [3.05, 3.63) is 0 Å². The van der Waals surface area contributed by atoms with Gasteiger partial charge in [0.2, 0.25) is 5.91 Å². The third-order valence-electron chi connectivity index (χ3n) is 4.50. The van der Waals surface area contributed by atoms with Crippen LogP contribution in [0.5, 0.6) is 0 Å². The summed E-state index contributed by atoms with van der Waals surface area (Å²) in [4.78, 5) is 14.5. The van der Waals surface area contributed by atoms with E-state index in [1.807, 2.05) is 0 Å². The Morgan fingerprint density at radius 2 is 2.06 bits per heavy atom. The van der Waals surface area contributed by atoms with Crippen molar-refractivity contribution < 1.29 is 4.79 Å². The van der Waals surface area contributed by atoms with Crippen molar-refractivity contribution >= 4 is 5.91 Å². The lowest BCUT2D eigenvalue weighted by molar-refractivity contribution is -0.126. The summed E-state index contributed by atoms with van der Waals surface area (Å²) in [6.07, 6.45) is 4.59. The zero-order valence-electron chi connectivity index (χ0n) is 11.7. The molecule has 18 heavy (non-hydrogen) atoms. The number of amides is 1. The second kappa shape index (κ2) is 6.53. The smallest absolute Gasteiger partial charge is 0.224 e. The van der Waals surface area contributed by atoms with Crippen LogP contribution >= 0.6 is 0 Å². The molecule has 2 fully saturated rings. The molecule has 2 aliphatic rings. The third-order valence-corrected chi connectivity index (χ3v) is 4.50. The average molecular weight is 253 g/mol. The first-order valence-corrected chi connectivity index (χ1v) is 7.36. The summed E-state index contributed by atoms with van der Waals surface area (Å²) < 4.78 is 0. The minimum absolute atomic E-state index is 0.171. The Morgan fingerprint density at radius 3 is 2.72 bits per heavy atom. The van der Waals surface area contributed by atoms with Gasteiger partial charge in [-0.25, -0.2) is 0 Å². The second-order valence-corrected chi connectivity index (χ2v) is 5.98. The maximum atomic E-state index is 12.2. The number of hydrogen-bond donors (Lipinski definition) is 2. The minimum Gasteiger partial charge on any atom is -0.356 e. The normalized spacial score (nSPS) is 31.2. The largest absolute Gasteiger partial charge is 0.356 e. The molecule has 104 valence electrons. The highest BCUT2D eigenvalue weighted by molar-refractivity contribution is 5.79. The molecule has 2 saturated heterocycles. The SMILES string of the molecule is CC1NCCCC1C(=O)NCC1CCN(C)CC1. The maximum absolute atomic E-state index is 12.2. The molecule has 0 aromatic heterocycles. The Kier molecular flexibility index (Phi) is 5.01.